The van der Waals surface area contributed by atoms with Crippen molar-refractivity contribution in [2.75, 3.05) is 20.2 Å². The summed E-state index contributed by atoms with van der Waals surface area (Å²) in [5, 5.41) is 5.35. The van der Waals surface area contributed by atoms with Crippen LogP contribution in [0.2, 0.25) is 0 Å². The molecule has 5 rings (SSSR count). The summed E-state index contributed by atoms with van der Waals surface area (Å²) in [7, 11) is 1.67. The van der Waals surface area contributed by atoms with Gasteiger partial charge in [0.1, 0.15) is 5.75 Å². The van der Waals surface area contributed by atoms with E-state index in [4.69, 9.17) is 4.74 Å². The number of nitrogens with zero attached hydrogens (tertiary/aromatic N) is 1. The number of benzene rings is 1. The summed E-state index contributed by atoms with van der Waals surface area (Å²) in [4.78, 5) is 16.0. The van der Waals surface area contributed by atoms with Crippen LogP contribution >= 0.6 is 11.3 Å². The minimum absolute atomic E-state index is 0.0600. The lowest BCUT2D eigenvalue weighted by molar-refractivity contribution is 0.0218. The third-order valence-electron chi connectivity index (χ3n) is 5.70. The van der Waals surface area contributed by atoms with E-state index in [1.807, 2.05) is 35.7 Å². The van der Waals surface area contributed by atoms with Crippen LogP contribution in [0, 0.1) is 5.92 Å². The van der Waals surface area contributed by atoms with Crippen molar-refractivity contribution in [3.05, 3.63) is 40.6 Å². The summed E-state index contributed by atoms with van der Waals surface area (Å²) in [6.07, 6.45) is 2.41. The Kier molecular flexibility index (Phi) is 4.52. The van der Waals surface area contributed by atoms with Crippen molar-refractivity contribution in [3.63, 3.8) is 0 Å². The first-order chi connectivity index (χ1) is 12.2. The molecule has 3 aliphatic rings. The molecular weight excluding hydrogens is 332 g/mol. The van der Waals surface area contributed by atoms with Crippen molar-refractivity contribution in [2.24, 2.45) is 5.92 Å². The van der Waals surface area contributed by atoms with E-state index in [2.05, 4.69) is 17.1 Å². The summed E-state index contributed by atoms with van der Waals surface area (Å²) in [5.41, 5.74) is 2.14. The van der Waals surface area contributed by atoms with E-state index >= 15 is 0 Å². The molecule has 0 saturated carbocycles. The smallest absolute Gasteiger partial charge is 0.261 e. The van der Waals surface area contributed by atoms with Crippen LogP contribution in [0.5, 0.6) is 5.75 Å². The molecule has 1 aromatic heterocycles. The number of thiophene rings is 1. The number of hydrogen-bond donors (Lipinski definition) is 1. The number of carbonyl (C=O) groups is 1. The maximum Gasteiger partial charge on any atom is 0.261 e. The van der Waals surface area contributed by atoms with Crippen LogP contribution in [0.4, 0.5) is 0 Å². The van der Waals surface area contributed by atoms with Gasteiger partial charge in [-0.3, -0.25) is 9.69 Å². The fourth-order valence-electron chi connectivity index (χ4n) is 4.18. The standard InChI is InChI=1S/C20H24N2O2S/c1-13-19(14-6-8-22(13)9-7-14)21-20(23)18-11-16(12-25-18)15-4-3-5-17(10-15)24-2/h3-5,10-14,19H,6-9H2,1-2H3,(H,21,23)/t13-,19-/m0/s1. The van der Waals surface area contributed by atoms with Gasteiger partial charge in [0.2, 0.25) is 0 Å². The normalized spacial score (nSPS) is 27.9. The Morgan fingerprint density at radius 1 is 1.24 bits per heavy atom. The number of fused-ring (bicyclic) bond motifs is 3. The molecule has 3 fully saturated rings. The number of amides is 1. The molecule has 25 heavy (non-hydrogen) atoms. The molecule has 1 amide bonds. The lowest BCUT2D eigenvalue weighted by Gasteiger charge is -2.49. The van der Waals surface area contributed by atoms with Crippen molar-refractivity contribution in [1.29, 1.82) is 0 Å². The molecule has 4 nitrogen and oxygen atoms in total. The molecule has 2 atom stereocenters. The van der Waals surface area contributed by atoms with Gasteiger partial charge in [0.05, 0.1) is 12.0 Å². The van der Waals surface area contributed by atoms with Crippen LogP contribution in [0.15, 0.2) is 35.7 Å². The van der Waals surface area contributed by atoms with Gasteiger partial charge in [-0.1, -0.05) is 12.1 Å². The third kappa shape index (κ3) is 3.18. The van der Waals surface area contributed by atoms with Gasteiger partial charge in [0, 0.05) is 12.1 Å². The Balaban J connectivity index is 1.49. The van der Waals surface area contributed by atoms with Gasteiger partial charge in [0.15, 0.2) is 0 Å². The van der Waals surface area contributed by atoms with Crippen LogP contribution < -0.4 is 10.1 Å². The fourth-order valence-corrected chi connectivity index (χ4v) is 5.00. The summed E-state index contributed by atoms with van der Waals surface area (Å²) >= 11 is 1.51. The SMILES string of the molecule is COc1cccc(-c2csc(C(=O)N[C@@H]3C4CCN(CC4)[C@H]3C)c2)c1. The molecule has 1 N–H and O–H groups in total. The zero-order valence-electron chi connectivity index (χ0n) is 14.7. The monoisotopic (exact) mass is 356 g/mol. The van der Waals surface area contributed by atoms with Gasteiger partial charge in [-0.05, 0) is 73.5 Å². The first-order valence-corrected chi connectivity index (χ1v) is 9.81. The summed E-state index contributed by atoms with van der Waals surface area (Å²) < 4.78 is 5.29. The summed E-state index contributed by atoms with van der Waals surface area (Å²) in [6.45, 7) is 4.60. The molecule has 0 unspecified atom stereocenters. The first-order valence-electron chi connectivity index (χ1n) is 8.93. The summed E-state index contributed by atoms with van der Waals surface area (Å²) in [5.74, 6) is 1.52. The van der Waals surface area contributed by atoms with Gasteiger partial charge in [-0.25, -0.2) is 0 Å². The van der Waals surface area contributed by atoms with Gasteiger partial charge in [-0.15, -0.1) is 11.3 Å². The number of hydrogen-bond acceptors (Lipinski definition) is 4. The van der Waals surface area contributed by atoms with Crippen molar-refractivity contribution >= 4 is 17.2 Å². The molecule has 0 spiro atoms. The average Bonchev–Trinajstić information content (AvgIpc) is 3.15. The zero-order chi connectivity index (χ0) is 17.4. The lowest BCUT2D eigenvalue weighted by Crippen LogP contribution is -2.62. The van der Waals surface area contributed by atoms with E-state index < -0.39 is 0 Å². The van der Waals surface area contributed by atoms with Crippen LogP contribution in [-0.4, -0.2) is 43.1 Å². The van der Waals surface area contributed by atoms with Crippen molar-refractivity contribution in [3.8, 4) is 16.9 Å². The Morgan fingerprint density at radius 3 is 2.76 bits per heavy atom. The number of rotatable bonds is 4. The maximum atomic E-state index is 12.8. The first kappa shape index (κ1) is 16.6. The van der Waals surface area contributed by atoms with Crippen LogP contribution in [0.1, 0.15) is 29.4 Å². The van der Waals surface area contributed by atoms with Crippen LogP contribution in [0.3, 0.4) is 0 Å². The molecule has 0 aliphatic carbocycles. The highest BCUT2D eigenvalue weighted by atomic mass is 32.1. The predicted octanol–water partition coefficient (Wildman–Crippen LogP) is 3.64. The van der Waals surface area contributed by atoms with Crippen LogP contribution in [0.25, 0.3) is 11.1 Å². The average molecular weight is 356 g/mol. The molecule has 1 aromatic carbocycles. The largest absolute Gasteiger partial charge is 0.497 e. The quantitative estimate of drug-likeness (QED) is 0.909. The number of piperidine rings is 3. The Labute approximate surface area is 152 Å². The van der Waals surface area contributed by atoms with Gasteiger partial charge < -0.3 is 10.1 Å². The highest BCUT2D eigenvalue weighted by Gasteiger charge is 2.40. The highest BCUT2D eigenvalue weighted by molar-refractivity contribution is 7.12. The third-order valence-corrected chi connectivity index (χ3v) is 6.63. The molecule has 3 saturated heterocycles. The Morgan fingerprint density at radius 2 is 2.04 bits per heavy atom. The Bertz CT molecular complexity index is 763. The van der Waals surface area contributed by atoms with Crippen LogP contribution in [-0.2, 0) is 0 Å². The minimum atomic E-state index is 0.0600. The molecule has 3 aliphatic heterocycles. The molecule has 2 bridgehead atoms. The minimum Gasteiger partial charge on any atom is -0.497 e. The van der Waals surface area contributed by atoms with Crippen molar-refractivity contribution in [2.45, 2.75) is 31.8 Å². The van der Waals surface area contributed by atoms with Gasteiger partial charge >= 0.3 is 0 Å². The topological polar surface area (TPSA) is 41.6 Å². The molecule has 0 radical (unpaired) electrons. The van der Waals surface area contributed by atoms with Crippen molar-refractivity contribution < 1.29 is 9.53 Å². The lowest BCUT2D eigenvalue weighted by atomic mass is 9.79. The molecule has 5 heteroatoms. The number of carbonyl (C=O) groups excluding carboxylic acids is 1. The second-order valence-electron chi connectivity index (χ2n) is 7.04. The maximum absolute atomic E-state index is 12.8. The number of nitrogens with one attached hydrogen (secondary N) is 1. The zero-order valence-corrected chi connectivity index (χ0v) is 15.5. The predicted molar refractivity (Wildman–Crippen MR) is 101 cm³/mol. The summed E-state index contributed by atoms with van der Waals surface area (Å²) in [6, 6.07) is 10.6. The molecule has 2 aromatic rings. The highest BCUT2D eigenvalue weighted by Crippen LogP contribution is 2.33. The number of ether oxygens (including phenoxy) is 1. The van der Waals surface area contributed by atoms with Gasteiger partial charge in [0.25, 0.3) is 5.91 Å². The molecule has 132 valence electrons. The Hall–Kier alpha value is -1.85. The van der Waals surface area contributed by atoms with E-state index in [0.29, 0.717) is 12.0 Å². The van der Waals surface area contributed by atoms with E-state index in [-0.39, 0.29) is 11.9 Å². The van der Waals surface area contributed by atoms with Gasteiger partial charge in [-0.2, -0.15) is 0 Å². The second-order valence-corrected chi connectivity index (χ2v) is 7.96. The fraction of sp³-hybridized carbons (Fsp3) is 0.450. The molecule has 4 heterocycles. The second kappa shape index (κ2) is 6.81. The van der Waals surface area contributed by atoms with E-state index in [9.17, 15) is 4.79 Å². The van der Waals surface area contributed by atoms with E-state index in [0.717, 1.165) is 21.8 Å². The molecular formula is C20H24N2O2S. The van der Waals surface area contributed by atoms with E-state index in [1.165, 1.54) is 37.3 Å². The van der Waals surface area contributed by atoms with Crippen molar-refractivity contribution in [1.82, 2.24) is 10.2 Å². The number of methoxy groups -OCH3 is 1. The van der Waals surface area contributed by atoms with E-state index in [1.54, 1.807) is 7.11 Å².